The van der Waals surface area contributed by atoms with Crippen LogP contribution in [0.4, 0.5) is 8.78 Å². The molecule has 0 aliphatic heterocycles. The fourth-order valence-corrected chi connectivity index (χ4v) is 3.90. The predicted octanol–water partition coefficient (Wildman–Crippen LogP) is 7.86. The van der Waals surface area contributed by atoms with Crippen LogP contribution in [0.5, 0.6) is 5.75 Å². The summed E-state index contributed by atoms with van der Waals surface area (Å²) in [7, 11) is 1.62. The average molecular weight is 371 g/mol. The van der Waals surface area contributed by atoms with Gasteiger partial charge in [-0.1, -0.05) is 64.7 Å². The zero-order chi connectivity index (χ0) is 18.3. The van der Waals surface area contributed by atoms with Crippen LogP contribution < -0.4 is 4.74 Å². The van der Waals surface area contributed by atoms with E-state index >= 15 is 0 Å². The second-order valence-electron chi connectivity index (χ2n) is 6.41. The summed E-state index contributed by atoms with van der Waals surface area (Å²) < 4.78 is 30.6. The van der Waals surface area contributed by atoms with Gasteiger partial charge in [-0.3, -0.25) is 0 Å². The summed E-state index contributed by atoms with van der Waals surface area (Å²) in [6.07, 6.45) is 11.5. The first-order valence-electron chi connectivity index (χ1n) is 9.49. The molecule has 1 aromatic carbocycles. The van der Waals surface area contributed by atoms with Gasteiger partial charge in [0.05, 0.1) is 7.11 Å². The lowest BCUT2D eigenvalue weighted by atomic mass is 10.1. The number of benzene rings is 1. The Hall–Kier alpha value is -1.03. The maximum Gasteiger partial charge on any atom is 0.267 e. The first kappa shape index (κ1) is 22.0. The van der Waals surface area contributed by atoms with Crippen LogP contribution in [0.3, 0.4) is 0 Å². The quantitative estimate of drug-likeness (QED) is 0.243. The molecule has 0 spiro atoms. The highest BCUT2D eigenvalue weighted by molar-refractivity contribution is 8.00. The summed E-state index contributed by atoms with van der Waals surface area (Å²) >= 11 is 1.50. The SMILES string of the molecule is CCCCCCCCCCC[C@H](C=C(F)F)Sc1ccc(OC)cc1. The zero-order valence-corrected chi connectivity index (χ0v) is 16.4. The van der Waals surface area contributed by atoms with E-state index in [1.54, 1.807) is 7.11 Å². The minimum Gasteiger partial charge on any atom is -0.497 e. The van der Waals surface area contributed by atoms with Crippen LogP contribution in [-0.4, -0.2) is 12.4 Å². The minimum atomic E-state index is -1.58. The highest BCUT2D eigenvalue weighted by Gasteiger charge is 2.10. The van der Waals surface area contributed by atoms with Gasteiger partial charge in [0.25, 0.3) is 6.08 Å². The van der Waals surface area contributed by atoms with Crippen molar-refractivity contribution in [2.24, 2.45) is 0 Å². The van der Waals surface area contributed by atoms with E-state index in [0.717, 1.165) is 36.0 Å². The van der Waals surface area contributed by atoms with Crippen LogP contribution in [0.25, 0.3) is 0 Å². The molecule has 1 atom stereocenters. The van der Waals surface area contributed by atoms with Crippen molar-refractivity contribution in [3.63, 3.8) is 0 Å². The second kappa shape index (κ2) is 14.2. The number of unbranched alkanes of at least 4 members (excludes halogenated alkanes) is 8. The average Bonchev–Trinajstić information content (AvgIpc) is 2.60. The number of halogens is 2. The lowest BCUT2D eigenvalue weighted by Crippen LogP contribution is -1.99. The van der Waals surface area contributed by atoms with Gasteiger partial charge in [0, 0.05) is 10.1 Å². The van der Waals surface area contributed by atoms with Gasteiger partial charge >= 0.3 is 0 Å². The minimum absolute atomic E-state index is 0.164. The molecule has 0 N–H and O–H groups in total. The summed E-state index contributed by atoms with van der Waals surface area (Å²) in [5.41, 5.74) is 0. The highest BCUT2D eigenvalue weighted by atomic mass is 32.2. The Kier molecular flexibility index (Phi) is 12.5. The molecule has 142 valence electrons. The molecule has 4 heteroatoms. The number of rotatable bonds is 14. The van der Waals surface area contributed by atoms with Crippen LogP contribution in [0.1, 0.15) is 71.1 Å². The monoisotopic (exact) mass is 370 g/mol. The summed E-state index contributed by atoms with van der Waals surface area (Å²) in [6.45, 7) is 2.23. The first-order valence-corrected chi connectivity index (χ1v) is 10.4. The van der Waals surface area contributed by atoms with Gasteiger partial charge in [-0.25, -0.2) is 0 Å². The Morgan fingerprint density at radius 3 is 2.04 bits per heavy atom. The van der Waals surface area contributed by atoms with Crippen molar-refractivity contribution < 1.29 is 13.5 Å². The van der Waals surface area contributed by atoms with E-state index in [1.165, 1.54) is 56.7 Å². The van der Waals surface area contributed by atoms with Crippen LogP contribution in [0, 0.1) is 0 Å². The van der Waals surface area contributed by atoms with Crippen LogP contribution >= 0.6 is 11.8 Å². The molecule has 0 amide bonds. The largest absolute Gasteiger partial charge is 0.497 e. The van der Waals surface area contributed by atoms with Crippen LogP contribution in [0.2, 0.25) is 0 Å². The van der Waals surface area contributed by atoms with Crippen molar-refractivity contribution in [1.82, 2.24) is 0 Å². The molecule has 0 fully saturated rings. The molecule has 0 aliphatic carbocycles. The Morgan fingerprint density at radius 2 is 1.52 bits per heavy atom. The molecule has 0 bridgehead atoms. The molecule has 0 unspecified atom stereocenters. The Morgan fingerprint density at radius 1 is 0.960 bits per heavy atom. The number of hydrogen-bond acceptors (Lipinski definition) is 2. The summed E-state index contributed by atoms with van der Waals surface area (Å²) in [5.74, 6) is 0.784. The summed E-state index contributed by atoms with van der Waals surface area (Å²) in [4.78, 5) is 0.999. The number of thioether (sulfide) groups is 1. The second-order valence-corrected chi connectivity index (χ2v) is 7.72. The van der Waals surface area contributed by atoms with Gasteiger partial charge in [0.15, 0.2) is 0 Å². The molecule has 0 aromatic heterocycles. The molecular formula is C21H32F2OS. The van der Waals surface area contributed by atoms with E-state index in [4.69, 9.17) is 4.74 Å². The molecule has 1 nitrogen and oxygen atoms in total. The van der Waals surface area contributed by atoms with E-state index in [9.17, 15) is 8.78 Å². The van der Waals surface area contributed by atoms with Crippen molar-refractivity contribution in [1.29, 1.82) is 0 Å². The first-order chi connectivity index (χ1) is 12.2. The molecule has 0 heterocycles. The van der Waals surface area contributed by atoms with Crippen LogP contribution in [0.15, 0.2) is 41.3 Å². The number of methoxy groups -OCH3 is 1. The molecule has 0 saturated heterocycles. The summed E-state index contributed by atoms with van der Waals surface area (Å²) in [6, 6.07) is 7.59. The molecule has 1 aromatic rings. The molecule has 25 heavy (non-hydrogen) atoms. The van der Waals surface area contributed by atoms with Gasteiger partial charge < -0.3 is 4.74 Å². The summed E-state index contributed by atoms with van der Waals surface area (Å²) in [5, 5.41) is -0.164. The predicted molar refractivity (Wildman–Crippen MR) is 105 cm³/mol. The molecule has 0 radical (unpaired) electrons. The van der Waals surface area contributed by atoms with E-state index in [0.29, 0.717) is 0 Å². The Labute approximate surface area is 156 Å². The van der Waals surface area contributed by atoms with E-state index in [2.05, 4.69) is 6.92 Å². The van der Waals surface area contributed by atoms with Gasteiger partial charge in [-0.2, -0.15) is 8.78 Å². The Bertz CT molecular complexity index is 469. The lowest BCUT2D eigenvalue weighted by Gasteiger charge is -2.12. The number of hydrogen-bond donors (Lipinski definition) is 0. The molecule has 0 saturated carbocycles. The third kappa shape index (κ3) is 11.2. The smallest absolute Gasteiger partial charge is 0.267 e. The molecule has 1 rings (SSSR count). The van der Waals surface area contributed by atoms with Gasteiger partial charge in [0.2, 0.25) is 0 Å². The molecular weight excluding hydrogens is 338 g/mol. The normalized spacial score (nSPS) is 12.0. The van der Waals surface area contributed by atoms with Crippen molar-refractivity contribution >= 4 is 11.8 Å². The maximum absolute atomic E-state index is 12.7. The zero-order valence-electron chi connectivity index (χ0n) is 15.6. The van der Waals surface area contributed by atoms with Crippen molar-refractivity contribution in [3.8, 4) is 5.75 Å². The van der Waals surface area contributed by atoms with Gasteiger partial charge in [0.1, 0.15) is 5.75 Å². The van der Waals surface area contributed by atoms with Crippen molar-refractivity contribution in [2.45, 2.75) is 81.3 Å². The van der Waals surface area contributed by atoms with Crippen LogP contribution in [-0.2, 0) is 0 Å². The fourth-order valence-electron chi connectivity index (χ4n) is 2.80. The van der Waals surface area contributed by atoms with Gasteiger partial charge in [-0.15, -0.1) is 11.8 Å². The lowest BCUT2D eigenvalue weighted by molar-refractivity contribution is 0.414. The standard InChI is InChI=1S/C21H32F2OS/c1-3-4-5-6-7-8-9-10-11-12-20(17-21(22)23)25-19-15-13-18(24-2)14-16-19/h13-17,20H,3-12H2,1-2H3/t20-/m1/s1. The van der Waals surface area contributed by atoms with E-state index in [1.807, 2.05) is 24.3 Å². The third-order valence-corrected chi connectivity index (χ3v) is 5.47. The third-order valence-electron chi connectivity index (χ3n) is 4.25. The van der Waals surface area contributed by atoms with E-state index in [-0.39, 0.29) is 5.25 Å². The molecule has 0 aliphatic rings. The highest BCUT2D eigenvalue weighted by Crippen LogP contribution is 2.30. The van der Waals surface area contributed by atoms with Crippen molar-refractivity contribution in [3.05, 3.63) is 36.4 Å². The maximum atomic E-state index is 12.7. The Balaban J connectivity index is 2.27. The topological polar surface area (TPSA) is 9.23 Å². The van der Waals surface area contributed by atoms with E-state index < -0.39 is 6.08 Å². The fraction of sp³-hybridized carbons (Fsp3) is 0.619. The number of ether oxygens (including phenoxy) is 1. The van der Waals surface area contributed by atoms with Gasteiger partial charge in [-0.05, 0) is 36.8 Å². The van der Waals surface area contributed by atoms with Crippen molar-refractivity contribution in [2.75, 3.05) is 7.11 Å².